The second kappa shape index (κ2) is 5.37. The fourth-order valence-corrected chi connectivity index (χ4v) is 5.29. The molecule has 0 spiro atoms. The van der Waals surface area contributed by atoms with Gasteiger partial charge in [-0.25, -0.2) is 17.8 Å². The lowest BCUT2D eigenvalue weighted by Crippen LogP contribution is -2.36. The summed E-state index contributed by atoms with van der Waals surface area (Å²) in [4.78, 5) is 6.38. The molecule has 108 valence electrons. The zero-order valence-corrected chi connectivity index (χ0v) is 12.5. The largest absolute Gasteiger partial charge is 0.346 e. The van der Waals surface area contributed by atoms with E-state index in [-0.39, 0.29) is 23.4 Å². The topological polar surface area (TPSA) is 49.7 Å². The van der Waals surface area contributed by atoms with Crippen LogP contribution >= 0.6 is 11.8 Å². The van der Waals surface area contributed by atoms with Crippen molar-refractivity contribution in [1.29, 1.82) is 0 Å². The van der Waals surface area contributed by atoms with E-state index in [1.54, 1.807) is 30.0 Å². The second-order valence-electron chi connectivity index (χ2n) is 4.94. The molecule has 0 amide bonds. The van der Waals surface area contributed by atoms with Gasteiger partial charge in [0.2, 0.25) is 0 Å². The molecule has 2 heterocycles. The van der Waals surface area contributed by atoms with Gasteiger partial charge in [0.25, 0.3) is 0 Å². The van der Waals surface area contributed by atoms with Crippen LogP contribution in [0.3, 0.4) is 0 Å². The number of sulfone groups is 1. The lowest BCUT2D eigenvalue weighted by Gasteiger charge is -2.24. The summed E-state index contributed by atoms with van der Waals surface area (Å²) in [5, 5.41) is 0.734. The van der Waals surface area contributed by atoms with Crippen LogP contribution in [0.2, 0.25) is 0 Å². The molecule has 0 bridgehead atoms. The van der Waals surface area contributed by atoms with E-state index in [1.807, 2.05) is 4.90 Å². The van der Waals surface area contributed by atoms with Crippen LogP contribution in [0.25, 0.3) is 0 Å². The molecule has 0 saturated carbocycles. The summed E-state index contributed by atoms with van der Waals surface area (Å²) in [5.41, 5.74) is 0.308. The Morgan fingerprint density at radius 1 is 1.35 bits per heavy atom. The SMILES string of the molecule is O=S1(=O)CCC(N2CCSC2=Nc2ccccc2F)C1. The van der Waals surface area contributed by atoms with Crippen molar-refractivity contribution in [3.05, 3.63) is 30.1 Å². The maximum absolute atomic E-state index is 13.6. The van der Waals surface area contributed by atoms with E-state index < -0.39 is 9.84 Å². The summed E-state index contributed by atoms with van der Waals surface area (Å²) < 4.78 is 36.8. The van der Waals surface area contributed by atoms with Crippen molar-refractivity contribution in [3.63, 3.8) is 0 Å². The summed E-state index contributed by atoms with van der Waals surface area (Å²) in [6.45, 7) is 0.776. The third-order valence-electron chi connectivity index (χ3n) is 3.53. The standard InChI is InChI=1S/C13H15FN2O2S2/c14-11-3-1-2-4-12(11)15-13-16(6-7-19-13)10-5-8-20(17,18)9-10/h1-4,10H,5-9H2. The number of hydrogen-bond donors (Lipinski definition) is 0. The van der Waals surface area contributed by atoms with Gasteiger partial charge in [-0.05, 0) is 18.6 Å². The summed E-state index contributed by atoms with van der Waals surface area (Å²) in [7, 11) is -2.92. The molecule has 0 aromatic heterocycles. The number of benzene rings is 1. The molecule has 0 aliphatic carbocycles. The van der Waals surface area contributed by atoms with Gasteiger partial charge in [0.15, 0.2) is 15.0 Å². The first-order chi connectivity index (χ1) is 9.55. The van der Waals surface area contributed by atoms with Gasteiger partial charge in [-0.15, -0.1) is 0 Å². The maximum atomic E-state index is 13.6. The molecule has 4 nitrogen and oxygen atoms in total. The van der Waals surface area contributed by atoms with E-state index >= 15 is 0 Å². The van der Waals surface area contributed by atoms with Gasteiger partial charge in [0.05, 0.1) is 11.5 Å². The monoisotopic (exact) mass is 314 g/mol. The van der Waals surface area contributed by atoms with E-state index in [2.05, 4.69) is 4.99 Å². The smallest absolute Gasteiger partial charge is 0.164 e. The third kappa shape index (κ3) is 2.83. The average molecular weight is 314 g/mol. The lowest BCUT2D eigenvalue weighted by molar-refractivity contribution is 0.366. The summed E-state index contributed by atoms with van der Waals surface area (Å²) >= 11 is 1.56. The number of halogens is 1. The van der Waals surface area contributed by atoms with Crippen LogP contribution in [-0.2, 0) is 9.84 Å². The Balaban J connectivity index is 1.85. The van der Waals surface area contributed by atoms with Gasteiger partial charge in [-0.3, -0.25) is 0 Å². The lowest BCUT2D eigenvalue weighted by atomic mass is 10.2. The van der Waals surface area contributed by atoms with Crippen molar-refractivity contribution in [2.75, 3.05) is 23.8 Å². The van der Waals surface area contributed by atoms with E-state index in [4.69, 9.17) is 0 Å². The quantitative estimate of drug-likeness (QED) is 0.838. The highest BCUT2D eigenvalue weighted by Gasteiger charge is 2.36. The van der Waals surface area contributed by atoms with Crippen molar-refractivity contribution in [2.24, 2.45) is 4.99 Å². The van der Waals surface area contributed by atoms with Crippen LogP contribution in [0.1, 0.15) is 6.42 Å². The van der Waals surface area contributed by atoms with Gasteiger partial charge >= 0.3 is 0 Å². The maximum Gasteiger partial charge on any atom is 0.164 e. The number of aliphatic imine (C=N–C) groups is 1. The second-order valence-corrected chi connectivity index (χ2v) is 8.24. The molecule has 2 fully saturated rings. The highest BCUT2D eigenvalue weighted by Crippen LogP contribution is 2.29. The van der Waals surface area contributed by atoms with Crippen LogP contribution in [0, 0.1) is 5.82 Å². The number of amidine groups is 1. The average Bonchev–Trinajstić information content (AvgIpc) is 2.98. The zero-order valence-electron chi connectivity index (χ0n) is 10.8. The highest BCUT2D eigenvalue weighted by molar-refractivity contribution is 8.14. The molecule has 1 aromatic carbocycles. The molecule has 0 N–H and O–H groups in total. The Hall–Kier alpha value is -1.08. The van der Waals surface area contributed by atoms with Crippen molar-refractivity contribution in [1.82, 2.24) is 4.90 Å². The molecule has 3 rings (SSSR count). The Labute approximate surface area is 122 Å². The van der Waals surface area contributed by atoms with Crippen molar-refractivity contribution >= 4 is 32.5 Å². The molecule has 2 saturated heterocycles. The van der Waals surface area contributed by atoms with Crippen LogP contribution in [-0.4, -0.2) is 48.3 Å². The molecule has 7 heteroatoms. The Kier molecular flexibility index (Phi) is 3.72. The van der Waals surface area contributed by atoms with Gasteiger partial charge in [0, 0.05) is 18.3 Å². The van der Waals surface area contributed by atoms with E-state index in [0.717, 1.165) is 17.5 Å². The number of hydrogen-bond acceptors (Lipinski definition) is 4. The molecular weight excluding hydrogens is 299 g/mol. The van der Waals surface area contributed by atoms with Crippen LogP contribution < -0.4 is 0 Å². The fraction of sp³-hybridized carbons (Fsp3) is 0.462. The van der Waals surface area contributed by atoms with E-state index in [1.165, 1.54) is 6.07 Å². The number of thioether (sulfide) groups is 1. The van der Waals surface area contributed by atoms with Crippen LogP contribution in [0.4, 0.5) is 10.1 Å². The first kappa shape index (κ1) is 13.9. The Bertz CT molecular complexity index is 646. The highest BCUT2D eigenvalue weighted by atomic mass is 32.2. The first-order valence-corrected chi connectivity index (χ1v) is 9.29. The van der Waals surface area contributed by atoms with E-state index in [0.29, 0.717) is 12.1 Å². The first-order valence-electron chi connectivity index (χ1n) is 6.48. The molecule has 0 radical (unpaired) electrons. The predicted molar refractivity (Wildman–Crippen MR) is 79.7 cm³/mol. The summed E-state index contributed by atoms with van der Waals surface area (Å²) in [6, 6.07) is 6.36. The van der Waals surface area contributed by atoms with Gasteiger partial charge < -0.3 is 4.90 Å². The Morgan fingerprint density at radius 3 is 2.85 bits per heavy atom. The van der Waals surface area contributed by atoms with Crippen molar-refractivity contribution < 1.29 is 12.8 Å². The molecular formula is C13H15FN2O2S2. The molecule has 2 aliphatic rings. The normalized spacial score (nSPS) is 27.4. The molecule has 20 heavy (non-hydrogen) atoms. The molecule has 1 atom stereocenters. The van der Waals surface area contributed by atoms with Crippen molar-refractivity contribution in [2.45, 2.75) is 12.5 Å². The van der Waals surface area contributed by atoms with E-state index in [9.17, 15) is 12.8 Å². The summed E-state index contributed by atoms with van der Waals surface area (Å²) in [6.07, 6.45) is 0.638. The molecule has 1 unspecified atom stereocenters. The van der Waals surface area contributed by atoms with Gasteiger partial charge in [-0.1, -0.05) is 23.9 Å². The van der Waals surface area contributed by atoms with Crippen molar-refractivity contribution in [3.8, 4) is 0 Å². The molecule has 2 aliphatic heterocycles. The number of para-hydroxylation sites is 1. The minimum Gasteiger partial charge on any atom is -0.346 e. The third-order valence-corrected chi connectivity index (χ3v) is 6.25. The molecule has 1 aromatic rings. The fourth-order valence-electron chi connectivity index (χ4n) is 2.52. The number of rotatable bonds is 2. The zero-order chi connectivity index (χ0) is 14.2. The Morgan fingerprint density at radius 2 is 2.15 bits per heavy atom. The van der Waals surface area contributed by atoms with Gasteiger partial charge in [0.1, 0.15) is 11.5 Å². The summed E-state index contributed by atoms with van der Waals surface area (Å²) in [5.74, 6) is 0.936. The predicted octanol–water partition coefficient (Wildman–Crippen LogP) is 2.05. The number of nitrogens with zero attached hydrogens (tertiary/aromatic N) is 2. The minimum absolute atomic E-state index is 0.0134. The van der Waals surface area contributed by atoms with Gasteiger partial charge in [-0.2, -0.15) is 0 Å². The van der Waals surface area contributed by atoms with Crippen LogP contribution in [0.15, 0.2) is 29.3 Å². The van der Waals surface area contributed by atoms with Crippen LogP contribution in [0.5, 0.6) is 0 Å². The minimum atomic E-state index is -2.92.